The molecule has 0 heterocycles. The van der Waals surface area contributed by atoms with E-state index in [1.165, 1.54) is 0 Å². The van der Waals surface area contributed by atoms with Gasteiger partial charge in [0.05, 0.1) is 20.5 Å². The highest BCUT2D eigenvalue weighted by Gasteiger charge is 2.18. The molecule has 1 rings (SSSR count). The molecule has 5 nitrogen and oxygen atoms in total. The van der Waals surface area contributed by atoms with E-state index in [4.69, 9.17) is 28.3 Å². The van der Waals surface area contributed by atoms with Crippen molar-refractivity contribution in [2.75, 3.05) is 6.54 Å². The smallest absolute Gasteiger partial charge is 0.252 e. The lowest BCUT2D eigenvalue weighted by atomic mass is 10.2. The summed E-state index contributed by atoms with van der Waals surface area (Å²) in [6.45, 7) is 2.59. The number of carbonyl (C=O) groups is 1. The Bertz CT molecular complexity index is 618. The monoisotopic (exact) mass is 352 g/mol. The van der Waals surface area contributed by atoms with E-state index in [9.17, 15) is 13.2 Å². The van der Waals surface area contributed by atoms with E-state index >= 15 is 0 Å². The summed E-state index contributed by atoms with van der Waals surface area (Å²) in [5.41, 5.74) is 0.00341. The fourth-order valence-electron chi connectivity index (χ4n) is 1.74. The minimum absolute atomic E-state index is 0.00341. The number of benzene rings is 1. The number of nitrogens with two attached hydrogens (primary N) is 1. The fraction of sp³-hybridized carbons (Fsp3) is 0.462. The average Bonchev–Trinajstić information content (AvgIpc) is 2.40. The summed E-state index contributed by atoms with van der Waals surface area (Å²) in [6.07, 6.45) is 4.07. The zero-order chi connectivity index (χ0) is 16.0. The number of rotatable bonds is 7. The molecule has 0 aliphatic rings. The van der Waals surface area contributed by atoms with Crippen LogP contribution in [0.3, 0.4) is 0 Å². The third kappa shape index (κ3) is 5.47. The second-order valence-corrected chi connectivity index (χ2v) is 6.97. The average molecular weight is 353 g/mol. The zero-order valence-corrected chi connectivity index (χ0v) is 14.0. The van der Waals surface area contributed by atoms with Crippen LogP contribution in [-0.2, 0) is 10.0 Å². The highest BCUT2D eigenvalue weighted by atomic mass is 35.5. The van der Waals surface area contributed by atoms with Crippen molar-refractivity contribution in [2.45, 2.75) is 37.5 Å². The first-order valence-corrected chi connectivity index (χ1v) is 8.87. The zero-order valence-electron chi connectivity index (χ0n) is 11.7. The Morgan fingerprint density at radius 2 is 1.90 bits per heavy atom. The van der Waals surface area contributed by atoms with E-state index in [0.717, 1.165) is 37.8 Å². The molecule has 3 N–H and O–H groups in total. The SMILES string of the molecule is CCCCCCNC(=O)c1cc(S(N)(=O)=O)cc(Cl)c1Cl. The number of primary sulfonamides is 1. The van der Waals surface area contributed by atoms with Crippen molar-refractivity contribution >= 4 is 39.1 Å². The minimum atomic E-state index is -3.95. The van der Waals surface area contributed by atoms with Crippen molar-refractivity contribution in [1.29, 1.82) is 0 Å². The van der Waals surface area contributed by atoms with Gasteiger partial charge in [0, 0.05) is 6.54 Å². The van der Waals surface area contributed by atoms with Crippen molar-refractivity contribution in [3.8, 4) is 0 Å². The maximum atomic E-state index is 12.0. The Kier molecular flexibility index (Phi) is 6.93. The molecule has 0 atom stereocenters. The summed E-state index contributed by atoms with van der Waals surface area (Å²) >= 11 is 11.8. The van der Waals surface area contributed by atoms with Crippen LogP contribution in [0, 0.1) is 0 Å². The summed E-state index contributed by atoms with van der Waals surface area (Å²) in [4.78, 5) is 11.8. The molecule has 1 aromatic rings. The molecule has 0 saturated heterocycles. The topological polar surface area (TPSA) is 89.3 Å². The molecule has 21 heavy (non-hydrogen) atoms. The van der Waals surface area contributed by atoms with Crippen LogP contribution in [0.15, 0.2) is 17.0 Å². The lowest BCUT2D eigenvalue weighted by molar-refractivity contribution is 0.0953. The van der Waals surface area contributed by atoms with Gasteiger partial charge in [0.15, 0.2) is 0 Å². The van der Waals surface area contributed by atoms with E-state index in [0.29, 0.717) is 6.54 Å². The number of hydrogen-bond donors (Lipinski definition) is 2. The first kappa shape index (κ1) is 18.2. The van der Waals surface area contributed by atoms with Crippen molar-refractivity contribution < 1.29 is 13.2 Å². The predicted molar refractivity (Wildman–Crippen MR) is 84.3 cm³/mol. The Morgan fingerprint density at radius 3 is 2.48 bits per heavy atom. The summed E-state index contributed by atoms with van der Waals surface area (Å²) in [6, 6.07) is 2.25. The second-order valence-electron chi connectivity index (χ2n) is 4.63. The molecule has 0 aromatic heterocycles. The first-order valence-electron chi connectivity index (χ1n) is 6.57. The summed E-state index contributed by atoms with van der Waals surface area (Å²) in [5.74, 6) is -0.469. The molecule has 1 aromatic carbocycles. The minimum Gasteiger partial charge on any atom is -0.352 e. The quantitative estimate of drug-likeness (QED) is 0.739. The van der Waals surface area contributed by atoms with Gasteiger partial charge in [0.25, 0.3) is 5.91 Å². The lowest BCUT2D eigenvalue weighted by Crippen LogP contribution is -2.25. The predicted octanol–water partition coefficient (Wildman–Crippen LogP) is 2.95. The number of carbonyl (C=O) groups excluding carboxylic acids is 1. The van der Waals surface area contributed by atoms with Gasteiger partial charge in [-0.15, -0.1) is 0 Å². The van der Waals surface area contributed by atoms with Crippen LogP contribution >= 0.6 is 23.2 Å². The second kappa shape index (κ2) is 7.98. The van der Waals surface area contributed by atoms with Crippen LogP contribution in [0.5, 0.6) is 0 Å². The maximum Gasteiger partial charge on any atom is 0.252 e. The molecular formula is C13H18Cl2N2O3S. The molecule has 0 saturated carbocycles. The molecule has 0 bridgehead atoms. The van der Waals surface area contributed by atoms with Crippen LogP contribution < -0.4 is 10.5 Å². The number of nitrogens with one attached hydrogen (secondary N) is 1. The molecule has 0 unspecified atom stereocenters. The van der Waals surface area contributed by atoms with E-state index in [-0.39, 0.29) is 20.5 Å². The van der Waals surface area contributed by atoms with Crippen LogP contribution in [0.4, 0.5) is 0 Å². The van der Waals surface area contributed by atoms with E-state index in [1.54, 1.807) is 0 Å². The van der Waals surface area contributed by atoms with Gasteiger partial charge in [-0.2, -0.15) is 0 Å². The van der Waals surface area contributed by atoms with Crippen molar-refractivity contribution in [3.05, 3.63) is 27.7 Å². The molecule has 0 spiro atoms. The van der Waals surface area contributed by atoms with Crippen LogP contribution in [0.2, 0.25) is 10.0 Å². The first-order chi connectivity index (χ1) is 9.77. The van der Waals surface area contributed by atoms with Crippen LogP contribution in [-0.4, -0.2) is 20.9 Å². The Hall–Kier alpha value is -0.820. The molecular weight excluding hydrogens is 335 g/mol. The summed E-state index contributed by atoms with van der Waals surface area (Å²) in [5, 5.41) is 7.71. The Morgan fingerprint density at radius 1 is 1.24 bits per heavy atom. The van der Waals surface area contributed by atoms with Gasteiger partial charge >= 0.3 is 0 Å². The number of halogens is 2. The van der Waals surface area contributed by atoms with E-state index in [2.05, 4.69) is 12.2 Å². The van der Waals surface area contributed by atoms with E-state index in [1.807, 2.05) is 0 Å². The normalized spacial score (nSPS) is 11.4. The number of unbranched alkanes of at least 4 members (excludes halogenated alkanes) is 3. The highest BCUT2D eigenvalue weighted by molar-refractivity contribution is 7.89. The molecule has 118 valence electrons. The fourth-order valence-corrected chi connectivity index (χ4v) is 2.79. The molecule has 0 aliphatic carbocycles. The molecule has 0 radical (unpaired) electrons. The van der Waals surface area contributed by atoms with Gasteiger partial charge < -0.3 is 5.32 Å². The molecule has 1 amide bonds. The number of sulfonamides is 1. The van der Waals surface area contributed by atoms with Gasteiger partial charge in [-0.25, -0.2) is 13.6 Å². The third-order valence-electron chi connectivity index (χ3n) is 2.89. The van der Waals surface area contributed by atoms with Crippen LogP contribution in [0.25, 0.3) is 0 Å². The Balaban J connectivity index is 2.86. The number of hydrogen-bond acceptors (Lipinski definition) is 3. The van der Waals surface area contributed by atoms with Crippen molar-refractivity contribution in [2.24, 2.45) is 5.14 Å². The van der Waals surface area contributed by atoms with E-state index < -0.39 is 15.9 Å². The molecule has 0 fully saturated rings. The molecule has 0 aliphatic heterocycles. The van der Waals surface area contributed by atoms with Crippen molar-refractivity contribution in [3.63, 3.8) is 0 Å². The van der Waals surface area contributed by atoms with Gasteiger partial charge in [0.1, 0.15) is 0 Å². The van der Waals surface area contributed by atoms with Gasteiger partial charge in [0.2, 0.25) is 10.0 Å². The van der Waals surface area contributed by atoms with Gasteiger partial charge in [-0.3, -0.25) is 4.79 Å². The largest absolute Gasteiger partial charge is 0.352 e. The Labute approximate surface area is 134 Å². The van der Waals surface area contributed by atoms with Gasteiger partial charge in [-0.05, 0) is 18.6 Å². The third-order valence-corrected chi connectivity index (χ3v) is 4.59. The highest BCUT2D eigenvalue weighted by Crippen LogP contribution is 2.29. The lowest BCUT2D eigenvalue weighted by Gasteiger charge is -2.09. The summed E-state index contributed by atoms with van der Waals surface area (Å²) in [7, 11) is -3.95. The molecule has 8 heteroatoms. The van der Waals surface area contributed by atoms with Crippen molar-refractivity contribution in [1.82, 2.24) is 5.32 Å². The number of amides is 1. The standard InChI is InChI=1S/C13H18Cl2N2O3S/c1-2-3-4-5-6-17-13(18)10-7-9(21(16,19)20)8-11(14)12(10)15/h7-8H,2-6H2,1H3,(H,17,18)(H2,16,19,20). The van der Waals surface area contributed by atoms with Gasteiger partial charge in [-0.1, -0.05) is 49.4 Å². The van der Waals surface area contributed by atoms with Crippen LogP contribution in [0.1, 0.15) is 43.0 Å². The summed E-state index contributed by atoms with van der Waals surface area (Å²) < 4.78 is 22.7. The maximum absolute atomic E-state index is 12.0.